The molecule has 0 aliphatic rings. The average Bonchev–Trinajstić information content (AvgIpc) is 3.05. The molecule has 0 aliphatic heterocycles. The lowest BCUT2D eigenvalue weighted by Gasteiger charge is -2.10. The first-order valence-corrected chi connectivity index (χ1v) is 8.97. The maximum atomic E-state index is 13.4. The van der Waals surface area contributed by atoms with Gasteiger partial charge in [0, 0.05) is 34.8 Å². The molecule has 0 saturated carbocycles. The van der Waals surface area contributed by atoms with Crippen LogP contribution < -0.4 is 0 Å². The van der Waals surface area contributed by atoms with Gasteiger partial charge in [0.15, 0.2) is 5.78 Å². The van der Waals surface area contributed by atoms with Crippen LogP contribution >= 0.6 is 0 Å². The first kappa shape index (κ1) is 16.6. The predicted molar refractivity (Wildman–Crippen MR) is 106 cm³/mol. The van der Waals surface area contributed by atoms with Crippen molar-refractivity contribution in [2.75, 3.05) is 0 Å². The van der Waals surface area contributed by atoms with E-state index in [4.69, 9.17) is 0 Å². The molecule has 0 amide bonds. The first-order valence-electron chi connectivity index (χ1n) is 8.97. The molecule has 1 heterocycles. The Morgan fingerprint density at radius 1 is 0.923 bits per heavy atom. The SMILES string of the molecule is CC[C@H](O)Cn1cc(C(=O)c2cccc3ccccc23)c2ccccc21. The van der Waals surface area contributed by atoms with Crippen molar-refractivity contribution in [1.29, 1.82) is 0 Å². The summed E-state index contributed by atoms with van der Waals surface area (Å²) >= 11 is 0. The zero-order valence-electron chi connectivity index (χ0n) is 14.7. The second-order valence-electron chi connectivity index (χ2n) is 6.63. The molecule has 130 valence electrons. The highest BCUT2D eigenvalue weighted by Gasteiger charge is 2.19. The van der Waals surface area contributed by atoms with Crippen LogP contribution in [0.4, 0.5) is 0 Å². The zero-order chi connectivity index (χ0) is 18.1. The normalized spacial score (nSPS) is 12.5. The predicted octanol–water partition coefficient (Wildman–Crippen LogP) is 4.80. The van der Waals surface area contributed by atoms with Gasteiger partial charge in [-0.2, -0.15) is 0 Å². The minimum Gasteiger partial charge on any atom is -0.391 e. The Morgan fingerprint density at radius 3 is 2.42 bits per heavy atom. The van der Waals surface area contributed by atoms with Gasteiger partial charge < -0.3 is 9.67 Å². The van der Waals surface area contributed by atoms with Gasteiger partial charge in [0.25, 0.3) is 0 Å². The Bertz CT molecular complexity index is 1090. The summed E-state index contributed by atoms with van der Waals surface area (Å²) in [6.07, 6.45) is 2.14. The molecule has 0 spiro atoms. The third-order valence-electron chi connectivity index (χ3n) is 4.95. The highest BCUT2D eigenvalue weighted by molar-refractivity contribution is 6.21. The summed E-state index contributed by atoms with van der Waals surface area (Å²) in [6, 6.07) is 21.7. The fraction of sp³-hybridized carbons (Fsp3) is 0.174. The van der Waals surface area contributed by atoms with Crippen LogP contribution in [-0.4, -0.2) is 21.6 Å². The summed E-state index contributed by atoms with van der Waals surface area (Å²) in [5.74, 6) is 0.0164. The molecule has 0 bridgehead atoms. The van der Waals surface area contributed by atoms with E-state index >= 15 is 0 Å². The Hall–Kier alpha value is -2.91. The van der Waals surface area contributed by atoms with E-state index in [2.05, 4.69) is 0 Å². The van der Waals surface area contributed by atoms with Crippen molar-refractivity contribution in [2.24, 2.45) is 0 Å². The van der Waals surface area contributed by atoms with Crippen molar-refractivity contribution < 1.29 is 9.90 Å². The quantitative estimate of drug-likeness (QED) is 0.529. The van der Waals surface area contributed by atoms with Crippen molar-refractivity contribution in [3.63, 3.8) is 0 Å². The zero-order valence-corrected chi connectivity index (χ0v) is 14.7. The molecule has 4 rings (SSSR count). The monoisotopic (exact) mass is 343 g/mol. The van der Waals surface area contributed by atoms with Crippen molar-refractivity contribution in [2.45, 2.75) is 26.0 Å². The van der Waals surface area contributed by atoms with Crippen LogP contribution in [-0.2, 0) is 6.54 Å². The molecule has 0 unspecified atom stereocenters. The fourth-order valence-corrected chi connectivity index (χ4v) is 3.50. The molecule has 26 heavy (non-hydrogen) atoms. The van der Waals surface area contributed by atoms with Crippen LogP contribution in [0.3, 0.4) is 0 Å². The minimum absolute atomic E-state index is 0.0164. The van der Waals surface area contributed by atoms with E-state index in [0.29, 0.717) is 24.1 Å². The molecule has 1 aromatic heterocycles. The molecule has 3 heteroatoms. The van der Waals surface area contributed by atoms with Crippen molar-refractivity contribution >= 4 is 27.5 Å². The third kappa shape index (κ3) is 2.80. The molecular weight excluding hydrogens is 322 g/mol. The number of carbonyl (C=O) groups excluding carboxylic acids is 1. The van der Waals surface area contributed by atoms with Crippen molar-refractivity contribution in [1.82, 2.24) is 4.57 Å². The van der Waals surface area contributed by atoms with Crippen LogP contribution in [0, 0.1) is 0 Å². The summed E-state index contributed by atoms with van der Waals surface area (Å²) in [4.78, 5) is 13.4. The van der Waals surface area contributed by atoms with E-state index in [1.807, 2.05) is 84.4 Å². The number of hydrogen-bond donors (Lipinski definition) is 1. The number of nitrogens with zero attached hydrogens (tertiary/aromatic N) is 1. The smallest absolute Gasteiger partial charge is 0.195 e. The lowest BCUT2D eigenvalue weighted by molar-refractivity contribution is 0.104. The van der Waals surface area contributed by atoms with Crippen LogP contribution in [0.2, 0.25) is 0 Å². The van der Waals surface area contributed by atoms with Crippen LogP contribution in [0.15, 0.2) is 72.9 Å². The summed E-state index contributed by atoms with van der Waals surface area (Å²) in [7, 11) is 0. The Balaban J connectivity index is 1.87. The van der Waals surface area contributed by atoms with Gasteiger partial charge >= 0.3 is 0 Å². The van der Waals surface area contributed by atoms with Gasteiger partial charge in [0.2, 0.25) is 0 Å². The van der Waals surface area contributed by atoms with Gasteiger partial charge in [-0.15, -0.1) is 0 Å². The molecule has 0 radical (unpaired) electrons. The first-order chi connectivity index (χ1) is 12.7. The molecule has 0 aliphatic carbocycles. The average molecular weight is 343 g/mol. The molecule has 1 N–H and O–H groups in total. The Labute approximate surface area is 152 Å². The molecule has 3 nitrogen and oxygen atoms in total. The van der Waals surface area contributed by atoms with Gasteiger partial charge in [-0.3, -0.25) is 4.79 Å². The minimum atomic E-state index is -0.425. The summed E-state index contributed by atoms with van der Waals surface area (Å²) < 4.78 is 1.99. The summed E-state index contributed by atoms with van der Waals surface area (Å²) in [6.45, 7) is 2.44. The van der Waals surface area contributed by atoms with Crippen LogP contribution in [0.5, 0.6) is 0 Å². The number of ketones is 1. The van der Waals surface area contributed by atoms with Gasteiger partial charge in [-0.1, -0.05) is 67.6 Å². The van der Waals surface area contributed by atoms with Crippen molar-refractivity contribution in [3.05, 3.63) is 84.1 Å². The largest absolute Gasteiger partial charge is 0.391 e. The molecule has 3 aromatic carbocycles. The van der Waals surface area contributed by atoms with Gasteiger partial charge in [0.05, 0.1) is 6.10 Å². The van der Waals surface area contributed by atoms with Gasteiger partial charge in [-0.25, -0.2) is 0 Å². The number of hydrogen-bond acceptors (Lipinski definition) is 2. The lowest BCUT2D eigenvalue weighted by atomic mass is 9.97. The second kappa shape index (κ2) is 6.77. The number of aliphatic hydroxyl groups is 1. The molecule has 4 aromatic rings. The van der Waals surface area contributed by atoms with Crippen LogP contribution in [0.1, 0.15) is 29.3 Å². The van der Waals surface area contributed by atoms with E-state index in [9.17, 15) is 9.90 Å². The number of aliphatic hydroxyl groups excluding tert-OH is 1. The number of aromatic nitrogens is 1. The topological polar surface area (TPSA) is 42.2 Å². The molecule has 0 fully saturated rings. The lowest BCUT2D eigenvalue weighted by Crippen LogP contribution is -2.13. The van der Waals surface area contributed by atoms with E-state index in [-0.39, 0.29) is 5.78 Å². The summed E-state index contributed by atoms with van der Waals surface area (Å²) in [5.41, 5.74) is 2.37. The number of fused-ring (bicyclic) bond motifs is 2. The fourth-order valence-electron chi connectivity index (χ4n) is 3.50. The highest BCUT2D eigenvalue weighted by atomic mass is 16.3. The van der Waals surface area contributed by atoms with Gasteiger partial charge in [-0.05, 0) is 23.3 Å². The van der Waals surface area contributed by atoms with E-state index in [1.165, 1.54) is 0 Å². The van der Waals surface area contributed by atoms with E-state index in [0.717, 1.165) is 21.7 Å². The van der Waals surface area contributed by atoms with E-state index in [1.54, 1.807) is 0 Å². The number of benzene rings is 3. The van der Waals surface area contributed by atoms with E-state index < -0.39 is 6.10 Å². The third-order valence-corrected chi connectivity index (χ3v) is 4.95. The number of para-hydroxylation sites is 1. The Kier molecular flexibility index (Phi) is 4.31. The second-order valence-corrected chi connectivity index (χ2v) is 6.63. The van der Waals surface area contributed by atoms with Crippen molar-refractivity contribution in [3.8, 4) is 0 Å². The standard InChI is InChI=1S/C23H21NO2/c1-2-17(25)14-24-15-21(19-11-5-6-13-22(19)24)23(26)20-12-7-9-16-8-3-4-10-18(16)20/h3-13,15,17,25H,2,14H2,1H3/t17-/m0/s1. The number of carbonyl (C=O) groups is 1. The molecule has 0 saturated heterocycles. The Morgan fingerprint density at radius 2 is 1.62 bits per heavy atom. The van der Waals surface area contributed by atoms with Crippen LogP contribution in [0.25, 0.3) is 21.7 Å². The number of rotatable bonds is 5. The highest BCUT2D eigenvalue weighted by Crippen LogP contribution is 2.27. The summed E-state index contributed by atoms with van der Waals surface area (Å²) in [5, 5.41) is 13.0. The molecule has 1 atom stereocenters. The maximum absolute atomic E-state index is 13.4. The van der Waals surface area contributed by atoms with Gasteiger partial charge in [0.1, 0.15) is 0 Å². The maximum Gasteiger partial charge on any atom is 0.195 e. The molecular formula is C23H21NO2.